The molecule has 0 saturated heterocycles. The fourth-order valence-corrected chi connectivity index (χ4v) is 3.38. The van der Waals surface area contributed by atoms with E-state index in [4.69, 9.17) is 4.74 Å². The first kappa shape index (κ1) is 18.1. The van der Waals surface area contributed by atoms with Crippen molar-refractivity contribution in [2.24, 2.45) is 0 Å². The van der Waals surface area contributed by atoms with Crippen LogP contribution in [-0.4, -0.2) is 18.0 Å². The highest BCUT2D eigenvalue weighted by Gasteiger charge is 2.09. The zero-order valence-electron chi connectivity index (χ0n) is 14.4. The van der Waals surface area contributed by atoms with Gasteiger partial charge >= 0.3 is 0 Å². The first-order valence-electron chi connectivity index (χ1n) is 8.24. The molecule has 0 bridgehead atoms. The van der Waals surface area contributed by atoms with Crippen LogP contribution in [0.2, 0.25) is 0 Å². The van der Waals surface area contributed by atoms with Gasteiger partial charge < -0.3 is 10.1 Å². The van der Waals surface area contributed by atoms with Crippen LogP contribution in [0.3, 0.4) is 0 Å². The van der Waals surface area contributed by atoms with Gasteiger partial charge in [-0.05, 0) is 36.8 Å². The number of aromatic nitrogens is 1. The molecule has 4 nitrogen and oxygen atoms in total. The highest BCUT2D eigenvalue weighted by Crippen LogP contribution is 2.24. The fourth-order valence-electron chi connectivity index (χ4n) is 2.52. The van der Waals surface area contributed by atoms with Gasteiger partial charge in [-0.2, -0.15) is 0 Å². The Bertz CT molecular complexity index is 878. The van der Waals surface area contributed by atoms with Gasteiger partial charge in [-0.25, -0.2) is 9.37 Å². The van der Waals surface area contributed by atoms with Crippen molar-refractivity contribution in [3.8, 4) is 16.3 Å². The lowest BCUT2D eigenvalue weighted by Gasteiger charge is -2.09. The lowest BCUT2D eigenvalue weighted by molar-refractivity contribution is -0.121. The van der Waals surface area contributed by atoms with E-state index in [1.165, 1.54) is 23.5 Å². The monoisotopic (exact) mass is 370 g/mol. The molecule has 0 aliphatic heterocycles. The van der Waals surface area contributed by atoms with Gasteiger partial charge in [-0.1, -0.05) is 18.2 Å². The summed E-state index contributed by atoms with van der Waals surface area (Å²) in [5.41, 5.74) is 2.68. The summed E-state index contributed by atoms with van der Waals surface area (Å²) in [4.78, 5) is 16.6. The van der Waals surface area contributed by atoms with E-state index in [9.17, 15) is 9.18 Å². The van der Waals surface area contributed by atoms with Crippen LogP contribution in [0.5, 0.6) is 5.75 Å². The zero-order chi connectivity index (χ0) is 18.4. The lowest BCUT2D eigenvalue weighted by Crippen LogP contribution is -2.23. The minimum absolute atomic E-state index is 0.0350. The SMILES string of the molecule is COc1ccccc1CNC(=O)CCc1csc(-c2ccc(F)cc2)n1. The molecule has 1 amide bonds. The number of halogens is 1. The predicted octanol–water partition coefficient (Wildman–Crippen LogP) is 4.21. The van der Waals surface area contributed by atoms with Gasteiger partial charge in [-0.15, -0.1) is 11.3 Å². The second-order valence-corrected chi connectivity index (χ2v) is 6.60. The first-order chi connectivity index (χ1) is 12.7. The zero-order valence-corrected chi connectivity index (χ0v) is 15.2. The maximum Gasteiger partial charge on any atom is 0.220 e. The van der Waals surface area contributed by atoms with E-state index in [-0.39, 0.29) is 11.7 Å². The predicted molar refractivity (Wildman–Crippen MR) is 101 cm³/mol. The summed E-state index contributed by atoms with van der Waals surface area (Å²) in [6.45, 7) is 0.431. The minimum atomic E-state index is -0.266. The molecule has 6 heteroatoms. The Kier molecular flexibility index (Phi) is 5.96. The van der Waals surface area contributed by atoms with Gasteiger partial charge in [0.25, 0.3) is 0 Å². The largest absolute Gasteiger partial charge is 0.496 e. The molecule has 2 aromatic carbocycles. The van der Waals surface area contributed by atoms with Crippen LogP contribution < -0.4 is 10.1 Å². The van der Waals surface area contributed by atoms with Crippen molar-refractivity contribution >= 4 is 17.2 Å². The number of carbonyl (C=O) groups is 1. The molecule has 26 heavy (non-hydrogen) atoms. The van der Waals surface area contributed by atoms with Crippen LogP contribution in [0.1, 0.15) is 17.7 Å². The third kappa shape index (κ3) is 4.67. The molecule has 3 rings (SSSR count). The minimum Gasteiger partial charge on any atom is -0.496 e. The van der Waals surface area contributed by atoms with Gasteiger partial charge in [0, 0.05) is 29.5 Å². The Morgan fingerprint density at radius 2 is 1.96 bits per heavy atom. The molecule has 0 aliphatic carbocycles. The molecule has 0 spiro atoms. The van der Waals surface area contributed by atoms with E-state index < -0.39 is 0 Å². The van der Waals surface area contributed by atoms with Crippen LogP contribution in [0, 0.1) is 5.82 Å². The summed E-state index contributed by atoms with van der Waals surface area (Å²) >= 11 is 1.49. The van der Waals surface area contributed by atoms with Crippen molar-refractivity contribution in [3.05, 3.63) is 71.0 Å². The summed E-state index contributed by atoms with van der Waals surface area (Å²) in [7, 11) is 1.61. The van der Waals surface area contributed by atoms with Gasteiger partial charge in [0.15, 0.2) is 0 Å². The van der Waals surface area contributed by atoms with Crippen molar-refractivity contribution in [2.45, 2.75) is 19.4 Å². The van der Waals surface area contributed by atoms with Crippen LogP contribution in [0.4, 0.5) is 4.39 Å². The number of hydrogen-bond acceptors (Lipinski definition) is 4. The van der Waals surface area contributed by atoms with E-state index in [1.807, 2.05) is 29.6 Å². The van der Waals surface area contributed by atoms with Crippen LogP contribution in [-0.2, 0) is 17.8 Å². The number of nitrogens with one attached hydrogen (secondary N) is 1. The molecule has 3 aromatic rings. The highest BCUT2D eigenvalue weighted by molar-refractivity contribution is 7.13. The van der Waals surface area contributed by atoms with Crippen LogP contribution in [0.15, 0.2) is 53.9 Å². The second kappa shape index (κ2) is 8.58. The fraction of sp³-hybridized carbons (Fsp3) is 0.200. The van der Waals surface area contributed by atoms with Gasteiger partial charge in [0.2, 0.25) is 5.91 Å². The third-order valence-electron chi connectivity index (χ3n) is 3.92. The Morgan fingerprint density at radius 1 is 1.19 bits per heavy atom. The number of carbonyl (C=O) groups excluding carboxylic acids is 1. The number of rotatable bonds is 7. The molecule has 0 saturated carbocycles. The van der Waals surface area contributed by atoms with Gasteiger partial charge in [-0.3, -0.25) is 4.79 Å². The van der Waals surface area contributed by atoms with Crippen molar-refractivity contribution in [2.75, 3.05) is 7.11 Å². The maximum absolute atomic E-state index is 13.0. The number of benzene rings is 2. The van der Waals surface area contributed by atoms with Crippen molar-refractivity contribution in [1.29, 1.82) is 0 Å². The number of thiazole rings is 1. The summed E-state index contributed by atoms with van der Waals surface area (Å²) in [6.07, 6.45) is 0.928. The quantitative estimate of drug-likeness (QED) is 0.678. The Labute approximate surface area is 155 Å². The van der Waals surface area contributed by atoms with Gasteiger partial charge in [0.05, 0.1) is 12.8 Å². The number of ether oxygens (including phenoxy) is 1. The molecule has 0 unspecified atom stereocenters. The summed E-state index contributed by atoms with van der Waals surface area (Å²) in [5, 5.41) is 5.67. The molecule has 0 fully saturated rings. The molecular formula is C20H19FN2O2S. The number of aryl methyl sites for hydroxylation is 1. The first-order valence-corrected chi connectivity index (χ1v) is 9.12. The smallest absolute Gasteiger partial charge is 0.220 e. The lowest BCUT2D eigenvalue weighted by atomic mass is 10.2. The average Bonchev–Trinajstić information content (AvgIpc) is 3.14. The molecule has 1 aromatic heterocycles. The van der Waals surface area contributed by atoms with E-state index in [0.717, 1.165) is 27.6 Å². The van der Waals surface area contributed by atoms with Crippen molar-refractivity contribution in [3.63, 3.8) is 0 Å². The molecule has 0 aliphatic rings. The summed E-state index contributed by atoms with van der Waals surface area (Å²) in [5.74, 6) is 0.459. The number of nitrogens with zero attached hydrogens (tertiary/aromatic N) is 1. The molecule has 134 valence electrons. The normalized spacial score (nSPS) is 10.5. The molecule has 0 atom stereocenters. The standard InChI is InChI=1S/C20H19FN2O2S/c1-25-18-5-3-2-4-15(18)12-22-19(24)11-10-17-13-26-20(23-17)14-6-8-16(21)9-7-14/h2-9,13H,10-12H2,1H3,(H,22,24). The molecular weight excluding hydrogens is 351 g/mol. The van der Waals surface area contributed by atoms with Gasteiger partial charge in [0.1, 0.15) is 16.6 Å². The maximum atomic E-state index is 13.0. The highest BCUT2D eigenvalue weighted by atomic mass is 32.1. The summed E-state index contributed by atoms with van der Waals surface area (Å²) < 4.78 is 18.3. The topological polar surface area (TPSA) is 51.2 Å². The van der Waals surface area contributed by atoms with E-state index in [1.54, 1.807) is 19.2 Å². The Morgan fingerprint density at radius 3 is 2.73 bits per heavy atom. The Hall–Kier alpha value is -2.73. The van der Waals surface area contributed by atoms with Crippen LogP contribution >= 0.6 is 11.3 Å². The number of hydrogen-bond donors (Lipinski definition) is 1. The Balaban J connectivity index is 1.51. The number of para-hydroxylation sites is 1. The molecule has 0 radical (unpaired) electrons. The van der Waals surface area contributed by atoms with Crippen molar-refractivity contribution < 1.29 is 13.9 Å². The van der Waals surface area contributed by atoms with E-state index in [0.29, 0.717) is 19.4 Å². The average molecular weight is 370 g/mol. The number of methoxy groups -OCH3 is 1. The summed E-state index contributed by atoms with van der Waals surface area (Å²) in [6, 6.07) is 13.9. The van der Waals surface area contributed by atoms with Crippen molar-refractivity contribution in [1.82, 2.24) is 10.3 Å². The molecule has 1 N–H and O–H groups in total. The third-order valence-corrected chi connectivity index (χ3v) is 4.86. The van der Waals surface area contributed by atoms with E-state index >= 15 is 0 Å². The molecule has 1 heterocycles. The van der Waals surface area contributed by atoms with E-state index in [2.05, 4.69) is 10.3 Å². The number of amides is 1. The van der Waals surface area contributed by atoms with Crippen LogP contribution in [0.25, 0.3) is 10.6 Å². The second-order valence-electron chi connectivity index (χ2n) is 5.74.